The van der Waals surface area contributed by atoms with Crippen LogP contribution in [0.3, 0.4) is 0 Å². The highest BCUT2D eigenvalue weighted by atomic mass is 16.1. The van der Waals surface area contributed by atoms with Gasteiger partial charge in [0, 0.05) is 23.9 Å². The average molecular weight is 410 g/mol. The van der Waals surface area contributed by atoms with E-state index in [1.54, 1.807) is 12.1 Å². The van der Waals surface area contributed by atoms with Gasteiger partial charge in [0.05, 0.1) is 11.1 Å². The van der Waals surface area contributed by atoms with Crippen LogP contribution in [-0.4, -0.2) is 21.7 Å². The van der Waals surface area contributed by atoms with E-state index < -0.39 is 5.91 Å². The van der Waals surface area contributed by atoms with Crippen molar-refractivity contribution in [1.82, 2.24) is 9.97 Å². The summed E-state index contributed by atoms with van der Waals surface area (Å²) < 4.78 is 0. The van der Waals surface area contributed by atoms with E-state index in [-0.39, 0.29) is 5.78 Å². The topological polar surface area (TPSA) is 98.0 Å². The summed E-state index contributed by atoms with van der Waals surface area (Å²) in [5, 5.41) is 4.03. The number of aryl methyl sites for hydroxylation is 1. The molecular weight excluding hydrogens is 388 g/mol. The Morgan fingerprint density at radius 3 is 2.45 bits per heavy atom. The Morgan fingerprint density at radius 1 is 0.903 bits per heavy atom. The highest BCUT2D eigenvalue weighted by molar-refractivity contribution is 6.06. The molecule has 1 amide bonds. The Morgan fingerprint density at radius 2 is 1.65 bits per heavy atom. The second-order valence-corrected chi connectivity index (χ2v) is 7.38. The van der Waals surface area contributed by atoms with E-state index >= 15 is 0 Å². The number of para-hydroxylation sites is 1. The Kier molecular flexibility index (Phi) is 5.71. The molecule has 6 heteroatoms. The number of hydrogen-bond donors (Lipinski definition) is 2. The number of rotatable bonds is 7. The zero-order valence-corrected chi connectivity index (χ0v) is 17.1. The van der Waals surface area contributed by atoms with Crippen LogP contribution >= 0.6 is 0 Å². The molecule has 3 N–H and O–H groups in total. The first-order valence-corrected chi connectivity index (χ1v) is 9.97. The maximum absolute atomic E-state index is 12.7. The van der Waals surface area contributed by atoms with E-state index in [9.17, 15) is 9.59 Å². The quantitative estimate of drug-likeness (QED) is 0.448. The molecule has 0 aliphatic heterocycles. The van der Waals surface area contributed by atoms with Crippen LogP contribution in [0.25, 0.3) is 10.9 Å². The molecule has 4 aromatic rings. The number of hydrogen-bond acceptors (Lipinski definition) is 5. The number of nitrogens with two attached hydrogens (primary N) is 1. The molecule has 4 rings (SSSR count). The minimum atomic E-state index is -0.527. The molecule has 0 aliphatic rings. The second-order valence-electron chi connectivity index (χ2n) is 7.38. The summed E-state index contributed by atoms with van der Waals surface area (Å²) in [6, 6.07) is 20.8. The molecule has 0 aliphatic carbocycles. The Bertz CT molecular complexity index is 1280. The van der Waals surface area contributed by atoms with Crippen LogP contribution in [0.2, 0.25) is 0 Å². The lowest BCUT2D eigenvalue weighted by molar-refractivity contribution is 0.0987. The number of carbonyl (C=O) groups excluding carboxylic acids is 2. The molecule has 0 radical (unpaired) electrons. The minimum absolute atomic E-state index is 0.101. The van der Waals surface area contributed by atoms with Crippen molar-refractivity contribution in [3.63, 3.8) is 0 Å². The number of amides is 1. The fourth-order valence-corrected chi connectivity index (χ4v) is 3.63. The monoisotopic (exact) mass is 410 g/mol. The van der Waals surface area contributed by atoms with Gasteiger partial charge in [0.15, 0.2) is 5.78 Å². The van der Waals surface area contributed by atoms with Gasteiger partial charge in [-0.3, -0.25) is 9.59 Å². The van der Waals surface area contributed by atoms with E-state index in [4.69, 9.17) is 5.73 Å². The van der Waals surface area contributed by atoms with Gasteiger partial charge in [-0.1, -0.05) is 54.6 Å². The van der Waals surface area contributed by atoms with Crippen LogP contribution in [0.4, 0.5) is 5.82 Å². The first-order valence-electron chi connectivity index (χ1n) is 9.97. The molecule has 0 saturated heterocycles. The zero-order chi connectivity index (χ0) is 21.8. The first kappa shape index (κ1) is 20.2. The van der Waals surface area contributed by atoms with Crippen LogP contribution in [0, 0.1) is 6.92 Å². The van der Waals surface area contributed by atoms with Crippen LogP contribution in [0.15, 0.2) is 73.1 Å². The molecule has 154 valence electrons. The van der Waals surface area contributed by atoms with E-state index in [0.717, 1.165) is 27.6 Å². The molecule has 0 atom stereocenters. The minimum Gasteiger partial charge on any atom is -0.366 e. The van der Waals surface area contributed by atoms with Crippen molar-refractivity contribution < 1.29 is 9.59 Å². The van der Waals surface area contributed by atoms with Gasteiger partial charge in [-0.2, -0.15) is 0 Å². The number of anilines is 1. The molecular formula is C25H22N4O2. The van der Waals surface area contributed by atoms with E-state index in [1.165, 1.54) is 6.33 Å². The average Bonchev–Trinajstić information content (AvgIpc) is 2.77. The summed E-state index contributed by atoms with van der Waals surface area (Å²) in [6.07, 6.45) is 1.76. The van der Waals surface area contributed by atoms with Crippen molar-refractivity contribution in [2.24, 2.45) is 5.73 Å². The van der Waals surface area contributed by atoms with Gasteiger partial charge in [0.2, 0.25) is 0 Å². The number of benzene rings is 3. The molecule has 3 aromatic carbocycles. The Hall–Kier alpha value is -4.06. The van der Waals surface area contributed by atoms with Crippen molar-refractivity contribution in [2.75, 3.05) is 5.32 Å². The third kappa shape index (κ3) is 4.43. The maximum Gasteiger partial charge on any atom is 0.250 e. The normalized spacial score (nSPS) is 10.7. The second kappa shape index (κ2) is 8.75. The van der Waals surface area contributed by atoms with Crippen molar-refractivity contribution in [1.29, 1.82) is 0 Å². The molecule has 31 heavy (non-hydrogen) atoms. The standard InChI is InChI=1S/C25H22N4O2/c1-16-6-2-3-9-19(16)22(30)13-17-7-4-8-18(12-17)14-27-25-21-11-5-10-20(24(26)31)23(21)28-15-29-25/h2-12,15H,13-14H2,1H3,(H2,26,31)(H,27,28,29). The summed E-state index contributed by atoms with van der Waals surface area (Å²) in [4.78, 5) is 32.9. The van der Waals surface area contributed by atoms with Crippen LogP contribution in [0.1, 0.15) is 37.4 Å². The predicted molar refractivity (Wildman–Crippen MR) is 121 cm³/mol. The van der Waals surface area contributed by atoms with E-state index in [0.29, 0.717) is 29.9 Å². The number of Topliss-reactive ketones (excluding diaryl/α,β-unsaturated/α-hetero) is 1. The number of carbonyl (C=O) groups is 2. The summed E-state index contributed by atoms with van der Waals surface area (Å²) in [6.45, 7) is 2.46. The zero-order valence-electron chi connectivity index (χ0n) is 17.1. The lowest BCUT2D eigenvalue weighted by Gasteiger charge is -2.11. The van der Waals surface area contributed by atoms with Crippen molar-refractivity contribution in [3.05, 3.63) is 101 Å². The van der Waals surface area contributed by atoms with Crippen molar-refractivity contribution >= 4 is 28.4 Å². The third-order valence-electron chi connectivity index (χ3n) is 5.19. The lowest BCUT2D eigenvalue weighted by Crippen LogP contribution is -2.12. The van der Waals surface area contributed by atoms with E-state index in [2.05, 4.69) is 15.3 Å². The molecule has 1 aromatic heterocycles. The SMILES string of the molecule is Cc1ccccc1C(=O)Cc1cccc(CNc2ncnc3c(C(N)=O)cccc23)c1. The number of primary amides is 1. The smallest absolute Gasteiger partial charge is 0.250 e. The highest BCUT2D eigenvalue weighted by Gasteiger charge is 2.12. The first-order chi connectivity index (χ1) is 15.0. The van der Waals surface area contributed by atoms with Gasteiger partial charge in [-0.05, 0) is 35.7 Å². The molecule has 0 spiro atoms. The van der Waals surface area contributed by atoms with Gasteiger partial charge in [0.1, 0.15) is 12.1 Å². The molecule has 0 bridgehead atoms. The van der Waals surface area contributed by atoms with Crippen LogP contribution in [-0.2, 0) is 13.0 Å². The number of nitrogens with zero attached hydrogens (tertiary/aromatic N) is 2. The predicted octanol–water partition coefficient (Wildman–Crippen LogP) is 4.07. The number of fused-ring (bicyclic) bond motifs is 1. The van der Waals surface area contributed by atoms with Gasteiger partial charge >= 0.3 is 0 Å². The van der Waals surface area contributed by atoms with Gasteiger partial charge in [-0.25, -0.2) is 9.97 Å². The lowest BCUT2D eigenvalue weighted by atomic mass is 9.98. The van der Waals surface area contributed by atoms with Gasteiger partial charge < -0.3 is 11.1 Å². The van der Waals surface area contributed by atoms with Crippen LogP contribution < -0.4 is 11.1 Å². The number of nitrogens with one attached hydrogen (secondary N) is 1. The fourth-order valence-electron chi connectivity index (χ4n) is 3.63. The summed E-state index contributed by atoms with van der Waals surface area (Å²) in [5.74, 6) is 0.194. The summed E-state index contributed by atoms with van der Waals surface area (Å²) >= 11 is 0. The van der Waals surface area contributed by atoms with Gasteiger partial charge in [-0.15, -0.1) is 0 Å². The molecule has 0 fully saturated rings. The highest BCUT2D eigenvalue weighted by Crippen LogP contribution is 2.23. The van der Waals surface area contributed by atoms with Crippen LogP contribution in [0.5, 0.6) is 0 Å². The third-order valence-corrected chi connectivity index (χ3v) is 5.19. The number of ketones is 1. The Labute approximate surface area is 180 Å². The summed E-state index contributed by atoms with van der Waals surface area (Å²) in [7, 11) is 0. The van der Waals surface area contributed by atoms with Crippen molar-refractivity contribution in [3.8, 4) is 0 Å². The number of aromatic nitrogens is 2. The molecule has 0 saturated carbocycles. The largest absolute Gasteiger partial charge is 0.366 e. The molecule has 0 unspecified atom stereocenters. The molecule has 6 nitrogen and oxygen atoms in total. The molecule has 1 heterocycles. The fraction of sp³-hybridized carbons (Fsp3) is 0.120. The van der Waals surface area contributed by atoms with Crippen molar-refractivity contribution in [2.45, 2.75) is 19.9 Å². The Balaban J connectivity index is 1.52. The van der Waals surface area contributed by atoms with E-state index in [1.807, 2.05) is 61.5 Å². The maximum atomic E-state index is 12.7. The van der Waals surface area contributed by atoms with Gasteiger partial charge in [0.25, 0.3) is 5.91 Å². The summed E-state index contributed by atoms with van der Waals surface area (Å²) in [5.41, 5.74) is 10.0.